The van der Waals surface area contributed by atoms with Gasteiger partial charge in [-0.2, -0.15) is 0 Å². The number of aromatic nitrogens is 1. The van der Waals surface area contributed by atoms with Gasteiger partial charge in [-0.15, -0.1) is 11.3 Å². The first-order chi connectivity index (χ1) is 8.25. The summed E-state index contributed by atoms with van der Waals surface area (Å²) in [6.07, 6.45) is 2.74. The summed E-state index contributed by atoms with van der Waals surface area (Å²) in [5.74, 6) is -0.135. The Bertz CT molecular complexity index is 468. The molecule has 1 heterocycles. The second kappa shape index (κ2) is 5.89. The average molecular weight is 250 g/mol. The molecular formula is C13H15FN2S. The van der Waals surface area contributed by atoms with E-state index < -0.39 is 0 Å². The van der Waals surface area contributed by atoms with E-state index in [-0.39, 0.29) is 5.82 Å². The van der Waals surface area contributed by atoms with E-state index in [2.05, 4.69) is 10.3 Å². The zero-order valence-corrected chi connectivity index (χ0v) is 10.6. The molecule has 1 aromatic carbocycles. The van der Waals surface area contributed by atoms with Gasteiger partial charge >= 0.3 is 0 Å². The van der Waals surface area contributed by atoms with Gasteiger partial charge in [-0.1, -0.05) is 12.1 Å². The molecule has 2 aromatic rings. The van der Waals surface area contributed by atoms with Crippen LogP contribution in [-0.4, -0.2) is 11.5 Å². The highest BCUT2D eigenvalue weighted by Gasteiger charge is 1.99. The van der Waals surface area contributed by atoms with Crippen molar-refractivity contribution in [3.05, 3.63) is 51.7 Å². The second-order valence-corrected chi connectivity index (χ2v) is 4.92. The zero-order valence-electron chi connectivity index (χ0n) is 9.74. The maximum absolute atomic E-state index is 13.3. The maximum Gasteiger partial charge on any atom is 0.126 e. The van der Waals surface area contributed by atoms with Gasteiger partial charge in [0, 0.05) is 31.1 Å². The van der Waals surface area contributed by atoms with E-state index in [0.717, 1.165) is 23.5 Å². The van der Waals surface area contributed by atoms with E-state index >= 15 is 0 Å². The summed E-state index contributed by atoms with van der Waals surface area (Å²) in [4.78, 5) is 4.21. The maximum atomic E-state index is 13.3. The van der Waals surface area contributed by atoms with Gasteiger partial charge < -0.3 is 5.32 Å². The van der Waals surface area contributed by atoms with E-state index in [9.17, 15) is 4.39 Å². The molecular weight excluding hydrogens is 235 g/mol. The molecule has 0 amide bonds. The van der Waals surface area contributed by atoms with Crippen LogP contribution in [0.25, 0.3) is 0 Å². The monoisotopic (exact) mass is 250 g/mol. The predicted octanol–water partition coefficient (Wildman–Crippen LogP) is 2.92. The Morgan fingerprint density at radius 2 is 2.29 bits per heavy atom. The fourth-order valence-corrected chi connectivity index (χ4v) is 2.17. The molecule has 90 valence electrons. The summed E-state index contributed by atoms with van der Waals surface area (Å²) in [7, 11) is 0. The molecule has 2 nitrogen and oxygen atoms in total. The van der Waals surface area contributed by atoms with Gasteiger partial charge in [0.25, 0.3) is 0 Å². The SMILES string of the molecule is Cc1ccc(CNCCc2nccs2)cc1F. The normalized spacial score (nSPS) is 10.7. The number of halogens is 1. The highest BCUT2D eigenvalue weighted by molar-refractivity contribution is 7.09. The molecule has 0 aliphatic carbocycles. The minimum Gasteiger partial charge on any atom is -0.312 e. The molecule has 2 rings (SSSR count). The van der Waals surface area contributed by atoms with Crippen LogP contribution in [0.2, 0.25) is 0 Å². The molecule has 0 bridgehead atoms. The van der Waals surface area contributed by atoms with Crippen molar-refractivity contribution in [2.24, 2.45) is 0 Å². The van der Waals surface area contributed by atoms with Crippen molar-refractivity contribution in [2.75, 3.05) is 6.54 Å². The molecule has 0 unspecified atom stereocenters. The van der Waals surface area contributed by atoms with Crippen molar-refractivity contribution in [3.8, 4) is 0 Å². The summed E-state index contributed by atoms with van der Waals surface area (Å²) in [6.45, 7) is 3.33. The standard InChI is InChI=1S/C13H15FN2S/c1-10-2-3-11(8-12(10)14)9-15-5-4-13-16-6-7-17-13/h2-3,6-8,15H,4-5,9H2,1H3. The van der Waals surface area contributed by atoms with Gasteiger partial charge in [0.15, 0.2) is 0 Å². The van der Waals surface area contributed by atoms with Crippen molar-refractivity contribution in [3.63, 3.8) is 0 Å². The number of rotatable bonds is 5. The summed E-state index contributed by atoms with van der Waals surface area (Å²) >= 11 is 1.66. The fourth-order valence-electron chi connectivity index (χ4n) is 1.55. The molecule has 0 saturated heterocycles. The number of hydrogen-bond acceptors (Lipinski definition) is 3. The largest absolute Gasteiger partial charge is 0.312 e. The number of thiazole rings is 1. The number of hydrogen-bond donors (Lipinski definition) is 1. The first-order valence-electron chi connectivity index (χ1n) is 5.60. The van der Waals surface area contributed by atoms with Crippen molar-refractivity contribution in [2.45, 2.75) is 19.9 Å². The lowest BCUT2D eigenvalue weighted by molar-refractivity contribution is 0.611. The molecule has 0 radical (unpaired) electrons. The summed E-state index contributed by atoms with van der Waals surface area (Å²) < 4.78 is 13.3. The van der Waals surface area contributed by atoms with Gasteiger partial charge in [0.1, 0.15) is 5.82 Å². The van der Waals surface area contributed by atoms with E-state index in [1.54, 1.807) is 24.3 Å². The molecule has 0 spiro atoms. The Labute approximate surface area is 105 Å². The van der Waals surface area contributed by atoms with Crippen molar-refractivity contribution >= 4 is 11.3 Å². The Morgan fingerprint density at radius 1 is 1.41 bits per heavy atom. The minimum absolute atomic E-state index is 0.135. The van der Waals surface area contributed by atoms with Crippen LogP contribution < -0.4 is 5.32 Å². The van der Waals surface area contributed by atoms with Crippen molar-refractivity contribution in [1.82, 2.24) is 10.3 Å². The molecule has 0 saturated carbocycles. The lowest BCUT2D eigenvalue weighted by Gasteiger charge is -2.05. The van der Waals surface area contributed by atoms with E-state index in [1.165, 1.54) is 0 Å². The molecule has 0 aliphatic rings. The molecule has 0 fully saturated rings. The van der Waals surface area contributed by atoms with Gasteiger partial charge in [0.05, 0.1) is 5.01 Å². The van der Waals surface area contributed by atoms with Crippen LogP contribution in [0.4, 0.5) is 4.39 Å². The van der Waals surface area contributed by atoms with Gasteiger partial charge in [-0.25, -0.2) is 9.37 Å². The zero-order chi connectivity index (χ0) is 12.1. The topological polar surface area (TPSA) is 24.9 Å². The van der Waals surface area contributed by atoms with Crippen LogP contribution in [0.5, 0.6) is 0 Å². The van der Waals surface area contributed by atoms with Crippen LogP contribution in [0.1, 0.15) is 16.1 Å². The average Bonchev–Trinajstić information content (AvgIpc) is 2.82. The van der Waals surface area contributed by atoms with Crippen LogP contribution in [-0.2, 0) is 13.0 Å². The summed E-state index contributed by atoms with van der Waals surface area (Å²) in [6, 6.07) is 5.35. The predicted molar refractivity (Wildman–Crippen MR) is 68.7 cm³/mol. The molecule has 0 aliphatic heterocycles. The van der Waals surface area contributed by atoms with Crippen LogP contribution in [0, 0.1) is 12.7 Å². The van der Waals surface area contributed by atoms with Crippen LogP contribution in [0.3, 0.4) is 0 Å². The quantitative estimate of drug-likeness (QED) is 0.825. The Morgan fingerprint density at radius 3 is 3.00 bits per heavy atom. The fraction of sp³-hybridized carbons (Fsp3) is 0.308. The third kappa shape index (κ3) is 3.61. The smallest absolute Gasteiger partial charge is 0.126 e. The third-order valence-corrected chi connectivity index (χ3v) is 3.40. The minimum atomic E-state index is -0.135. The third-order valence-electron chi connectivity index (χ3n) is 2.56. The number of nitrogens with zero attached hydrogens (tertiary/aromatic N) is 1. The highest BCUT2D eigenvalue weighted by atomic mass is 32.1. The molecule has 4 heteroatoms. The van der Waals surface area contributed by atoms with Crippen molar-refractivity contribution in [1.29, 1.82) is 0 Å². The van der Waals surface area contributed by atoms with E-state index in [0.29, 0.717) is 12.1 Å². The first-order valence-corrected chi connectivity index (χ1v) is 6.48. The second-order valence-electron chi connectivity index (χ2n) is 3.94. The lowest BCUT2D eigenvalue weighted by atomic mass is 10.1. The van der Waals surface area contributed by atoms with E-state index in [4.69, 9.17) is 0 Å². The molecule has 1 aromatic heterocycles. The summed E-state index contributed by atoms with van der Waals surface area (Å²) in [5, 5.41) is 6.40. The van der Waals surface area contributed by atoms with E-state index in [1.807, 2.05) is 23.7 Å². The van der Waals surface area contributed by atoms with Crippen LogP contribution in [0.15, 0.2) is 29.8 Å². The summed E-state index contributed by atoms with van der Waals surface area (Å²) in [5.41, 5.74) is 1.67. The van der Waals surface area contributed by atoms with Gasteiger partial charge in [-0.05, 0) is 24.1 Å². The molecule has 0 atom stereocenters. The first kappa shape index (κ1) is 12.2. The number of benzene rings is 1. The highest BCUT2D eigenvalue weighted by Crippen LogP contribution is 2.09. The van der Waals surface area contributed by atoms with Crippen LogP contribution >= 0.6 is 11.3 Å². The number of nitrogens with one attached hydrogen (secondary N) is 1. The van der Waals surface area contributed by atoms with Crippen molar-refractivity contribution < 1.29 is 4.39 Å². The lowest BCUT2D eigenvalue weighted by Crippen LogP contribution is -2.16. The number of aryl methyl sites for hydroxylation is 1. The van der Waals surface area contributed by atoms with Gasteiger partial charge in [0.2, 0.25) is 0 Å². The molecule has 17 heavy (non-hydrogen) atoms. The Balaban J connectivity index is 1.76. The molecule has 1 N–H and O–H groups in total. The van der Waals surface area contributed by atoms with Gasteiger partial charge in [-0.3, -0.25) is 0 Å². The Kier molecular flexibility index (Phi) is 4.23. The Hall–Kier alpha value is -1.26.